The zero-order valence-corrected chi connectivity index (χ0v) is 14.1. The van der Waals surface area contributed by atoms with E-state index in [9.17, 15) is 9.59 Å². The molecule has 5 heteroatoms. The molecule has 0 aliphatic carbocycles. The van der Waals surface area contributed by atoms with E-state index in [2.05, 4.69) is 22.5 Å². The summed E-state index contributed by atoms with van der Waals surface area (Å²) in [5.74, 6) is 4.43. The van der Waals surface area contributed by atoms with E-state index in [1.165, 1.54) is 0 Å². The molecule has 1 rings (SSSR count). The maximum Gasteiger partial charge on any atom is 0.235 e. The van der Waals surface area contributed by atoms with E-state index >= 15 is 0 Å². The summed E-state index contributed by atoms with van der Waals surface area (Å²) in [6, 6.07) is 8.91. The van der Waals surface area contributed by atoms with Gasteiger partial charge in [-0.2, -0.15) is 0 Å². The standard InChI is InChI=1S/C19H23N3O2/c1-5-15(3)20-18(23)13-22(12-17-10-8-7-9-11-17)14-19(24)21-16(4)6-2/h1-2,7-11,15-16H,12-14H2,3-4H3,(H,20,23)(H,21,24)/t15-,16-/m0/s1. The monoisotopic (exact) mass is 325 g/mol. The number of nitrogens with one attached hydrogen (secondary N) is 2. The van der Waals surface area contributed by atoms with E-state index in [1.807, 2.05) is 30.3 Å². The van der Waals surface area contributed by atoms with E-state index < -0.39 is 0 Å². The molecule has 0 radical (unpaired) electrons. The minimum atomic E-state index is -0.355. The molecule has 24 heavy (non-hydrogen) atoms. The predicted molar refractivity (Wildman–Crippen MR) is 94.6 cm³/mol. The number of benzene rings is 1. The van der Waals surface area contributed by atoms with E-state index in [0.717, 1.165) is 5.56 Å². The highest BCUT2D eigenvalue weighted by atomic mass is 16.2. The van der Waals surface area contributed by atoms with Crippen LogP contribution >= 0.6 is 0 Å². The maximum atomic E-state index is 12.1. The summed E-state index contributed by atoms with van der Waals surface area (Å²) < 4.78 is 0. The normalized spacial score (nSPS) is 12.5. The van der Waals surface area contributed by atoms with Crippen LogP contribution in [-0.4, -0.2) is 41.9 Å². The third-order valence-electron chi connectivity index (χ3n) is 3.24. The van der Waals surface area contributed by atoms with Gasteiger partial charge in [0.1, 0.15) is 0 Å². The van der Waals surface area contributed by atoms with Crippen LogP contribution in [0.2, 0.25) is 0 Å². The summed E-state index contributed by atoms with van der Waals surface area (Å²) in [5.41, 5.74) is 1.01. The van der Waals surface area contributed by atoms with Gasteiger partial charge in [0, 0.05) is 6.54 Å². The lowest BCUT2D eigenvalue weighted by atomic mass is 10.2. The van der Waals surface area contributed by atoms with Crippen molar-refractivity contribution in [2.45, 2.75) is 32.5 Å². The number of carbonyl (C=O) groups is 2. The molecular formula is C19H23N3O2. The Labute approximate surface area is 143 Å². The first kappa shape index (κ1) is 19.3. The highest BCUT2D eigenvalue weighted by molar-refractivity contribution is 5.81. The molecule has 5 nitrogen and oxygen atoms in total. The largest absolute Gasteiger partial charge is 0.342 e. The van der Waals surface area contributed by atoms with E-state index in [0.29, 0.717) is 6.54 Å². The van der Waals surface area contributed by atoms with Crippen LogP contribution in [0.5, 0.6) is 0 Å². The second-order valence-electron chi connectivity index (χ2n) is 5.54. The minimum Gasteiger partial charge on any atom is -0.342 e. The van der Waals surface area contributed by atoms with Crippen molar-refractivity contribution in [2.75, 3.05) is 13.1 Å². The molecule has 0 aliphatic heterocycles. The molecular weight excluding hydrogens is 302 g/mol. The molecule has 2 amide bonds. The Bertz CT molecular complexity index is 592. The van der Waals surface area contributed by atoms with Gasteiger partial charge in [-0.25, -0.2) is 0 Å². The highest BCUT2D eigenvalue weighted by Crippen LogP contribution is 2.04. The number of terminal acetylenes is 2. The van der Waals surface area contributed by atoms with Crippen molar-refractivity contribution < 1.29 is 9.59 Å². The number of carbonyl (C=O) groups excluding carboxylic acids is 2. The Morgan fingerprint density at radius 3 is 1.88 bits per heavy atom. The van der Waals surface area contributed by atoms with Crippen LogP contribution in [0, 0.1) is 24.7 Å². The molecule has 0 spiro atoms. The molecule has 2 N–H and O–H groups in total. The van der Waals surface area contributed by atoms with Crippen molar-refractivity contribution in [2.24, 2.45) is 0 Å². The van der Waals surface area contributed by atoms with Crippen LogP contribution in [0.4, 0.5) is 0 Å². The molecule has 0 aliphatic rings. The molecule has 0 fully saturated rings. The van der Waals surface area contributed by atoms with Gasteiger partial charge in [0.05, 0.1) is 25.2 Å². The zero-order chi connectivity index (χ0) is 17.9. The van der Waals surface area contributed by atoms with Crippen molar-refractivity contribution in [1.82, 2.24) is 15.5 Å². The van der Waals surface area contributed by atoms with Gasteiger partial charge in [0.2, 0.25) is 11.8 Å². The Hall–Kier alpha value is -2.76. The fourth-order valence-corrected chi connectivity index (χ4v) is 2.07. The Kier molecular flexibility index (Phi) is 8.11. The van der Waals surface area contributed by atoms with Crippen molar-refractivity contribution >= 4 is 11.8 Å². The van der Waals surface area contributed by atoms with Crippen LogP contribution in [0.15, 0.2) is 30.3 Å². The molecule has 2 atom stereocenters. The summed E-state index contributed by atoms with van der Waals surface area (Å²) in [6.45, 7) is 4.05. The highest BCUT2D eigenvalue weighted by Gasteiger charge is 2.16. The van der Waals surface area contributed by atoms with Crippen LogP contribution in [0.1, 0.15) is 19.4 Å². The number of nitrogens with zero attached hydrogens (tertiary/aromatic N) is 1. The van der Waals surface area contributed by atoms with Gasteiger partial charge in [-0.1, -0.05) is 42.2 Å². The molecule has 0 bridgehead atoms. The second kappa shape index (κ2) is 10.1. The molecule has 0 saturated heterocycles. The van der Waals surface area contributed by atoms with Crippen LogP contribution in [-0.2, 0) is 16.1 Å². The first-order valence-corrected chi connectivity index (χ1v) is 7.72. The van der Waals surface area contributed by atoms with Crippen LogP contribution in [0.25, 0.3) is 0 Å². The third kappa shape index (κ3) is 7.49. The SMILES string of the molecule is C#C[C@H](C)NC(=O)CN(CC(=O)N[C@@H](C)C#C)Cc1ccccc1. The number of amides is 2. The first-order chi connectivity index (χ1) is 11.4. The van der Waals surface area contributed by atoms with Gasteiger partial charge in [-0.15, -0.1) is 12.8 Å². The third-order valence-corrected chi connectivity index (χ3v) is 3.24. The van der Waals surface area contributed by atoms with Crippen LogP contribution < -0.4 is 10.6 Å². The van der Waals surface area contributed by atoms with Crippen molar-refractivity contribution in [1.29, 1.82) is 0 Å². The van der Waals surface area contributed by atoms with Crippen molar-refractivity contribution in [3.63, 3.8) is 0 Å². The Morgan fingerprint density at radius 1 is 1.00 bits per heavy atom. The van der Waals surface area contributed by atoms with Gasteiger partial charge in [0.25, 0.3) is 0 Å². The Balaban J connectivity index is 2.72. The average molecular weight is 325 g/mol. The quantitative estimate of drug-likeness (QED) is 0.694. The molecule has 0 heterocycles. The summed E-state index contributed by atoms with van der Waals surface area (Å²) in [6.07, 6.45) is 10.5. The van der Waals surface area contributed by atoms with Gasteiger partial charge >= 0.3 is 0 Å². The summed E-state index contributed by atoms with van der Waals surface area (Å²) >= 11 is 0. The zero-order valence-electron chi connectivity index (χ0n) is 14.1. The topological polar surface area (TPSA) is 61.4 Å². The molecule has 126 valence electrons. The fourth-order valence-electron chi connectivity index (χ4n) is 2.07. The van der Waals surface area contributed by atoms with E-state index in [-0.39, 0.29) is 37.0 Å². The summed E-state index contributed by atoms with van der Waals surface area (Å²) in [4.78, 5) is 25.9. The lowest BCUT2D eigenvalue weighted by Crippen LogP contribution is -2.45. The average Bonchev–Trinajstić information content (AvgIpc) is 2.55. The van der Waals surface area contributed by atoms with Gasteiger partial charge in [-0.05, 0) is 19.4 Å². The fraction of sp³-hybridized carbons (Fsp3) is 0.368. The minimum absolute atomic E-state index is 0.0682. The van der Waals surface area contributed by atoms with Gasteiger partial charge in [0.15, 0.2) is 0 Å². The molecule has 0 aromatic heterocycles. The first-order valence-electron chi connectivity index (χ1n) is 7.72. The number of hydrogen-bond acceptors (Lipinski definition) is 3. The smallest absolute Gasteiger partial charge is 0.235 e. The van der Waals surface area contributed by atoms with Crippen molar-refractivity contribution in [3.05, 3.63) is 35.9 Å². The van der Waals surface area contributed by atoms with Crippen LogP contribution in [0.3, 0.4) is 0 Å². The summed E-state index contributed by atoms with van der Waals surface area (Å²) in [5, 5.41) is 5.38. The van der Waals surface area contributed by atoms with Gasteiger partial charge in [-0.3, -0.25) is 14.5 Å². The Morgan fingerprint density at radius 2 is 1.46 bits per heavy atom. The van der Waals surface area contributed by atoms with Crippen molar-refractivity contribution in [3.8, 4) is 24.7 Å². The lowest BCUT2D eigenvalue weighted by Gasteiger charge is -2.22. The molecule has 1 aromatic rings. The molecule has 0 unspecified atom stereocenters. The number of hydrogen-bond donors (Lipinski definition) is 2. The predicted octanol–water partition coefficient (Wildman–Crippen LogP) is 0.764. The second-order valence-corrected chi connectivity index (χ2v) is 5.54. The lowest BCUT2D eigenvalue weighted by molar-refractivity contribution is -0.125. The number of rotatable bonds is 8. The van der Waals surface area contributed by atoms with Gasteiger partial charge < -0.3 is 10.6 Å². The summed E-state index contributed by atoms with van der Waals surface area (Å²) in [7, 11) is 0. The van der Waals surface area contributed by atoms with E-state index in [1.54, 1.807) is 18.7 Å². The maximum absolute atomic E-state index is 12.1. The molecule has 0 saturated carbocycles. The molecule has 1 aromatic carbocycles. The van der Waals surface area contributed by atoms with E-state index in [4.69, 9.17) is 12.8 Å².